The van der Waals surface area contributed by atoms with E-state index in [4.69, 9.17) is 11.6 Å². The van der Waals surface area contributed by atoms with Crippen molar-refractivity contribution in [3.8, 4) is 0 Å². The predicted molar refractivity (Wildman–Crippen MR) is 42.1 cm³/mol. The molecule has 0 aliphatic heterocycles. The SMILES string of the molecule is CONCc1ncc(Cl)n1C. The van der Waals surface area contributed by atoms with Crippen molar-refractivity contribution in [3.63, 3.8) is 0 Å². The van der Waals surface area contributed by atoms with E-state index in [0.29, 0.717) is 11.7 Å². The molecule has 0 aromatic carbocycles. The van der Waals surface area contributed by atoms with Gasteiger partial charge in [0.25, 0.3) is 0 Å². The molecule has 62 valence electrons. The molecule has 1 rings (SSSR count). The first-order valence-electron chi connectivity index (χ1n) is 3.17. The molecule has 0 fully saturated rings. The third kappa shape index (κ3) is 1.92. The molecule has 0 unspecified atom stereocenters. The van der Waals surface area contributed by atoms with Crippen LogP contribution in [0.4, 0.5) is 0 Å². The number of hydroxylamine groups is 1. The molecule has 0 spiro atoms. The summed E-state index contributed by atoms with van der Waals surface area (Å²) in [6, 6.07) is 0. The Balaban J connectivity index is 2.63. The predicted octanol–water partition coefficient (Wildman–Crippen LogP) is 0.724. The van der Waals surface area contributed by atoms with Crippen molar-refractivity contribution < 1.29 is 4.84 Å². The molecule has 0 bridgehead atoms. The van der Waals surface area contributed by atoms with Gasteiger partial charge in [-0.05, 0) is 0 Å². The van der Waals surface area contributed by atoms with Crippen molar-refractivity contribution in [1.82, 2.24) is 15.0 Å². The number of aromatic nitrogens is 2. The van der Waals surface area contributed by atoms with Crippen molar-refractivity contribution >= 4 is 11.6 Å². The molecule has 1 N–H and O–H groups in total. The Kier molecular flexibility index (Phi) is 2.87. The third-order valence-electron chi connectivity index (χ3n) is 1.40. The average molecular weight is 176 g/mol. The standard InChI is InChI=1S/C6H10ClN3O/c1-10-5(7)3-8-6(10)4-9-11-2/h3,9H,4H2,1-2H3. The summed E-state index contributed by atoms with van der Waals surface area (Å²) in [5.74, 6) is 0.844. The molecule has 5 heteroatoms. The van der Waals surface area contributed by atoms with Gasteiger partial charge in [0.1, 0.15) is 11.0 Å². The quantitative estimate of drug-likeness (QED) is 0.689. The molecule has 11 heavy (non-hydrogen) atoms. The highest BCUT2D eigenvalue weighted by Crippen LogP contribution is 2.08. The fraction of sp³-hybridized carbons (Fsp3) is 0.500. The van der Waals surface area contributed by atoms with E-state index in [2.05, 4.69) is 15.3 Å². The van der Waals surface area contributed by atoms with Gasteiger partial charge in [-0.15, -0.1) is 0 Å². The number of nitrogens with zero attached hydrogens (tertiary/aromatic N) is 2. The lowest BCUT2D eigenvalue weighted by molar-refractivity contribution is 0.0843. The molecular formula is C6H10ClN3O. The minimum absolute atomic E-state index is 0.555. The highest BCUT2D eigenvalue weighted by molar-refractivity contribution is 6.29. The van der Waals surface area contributed by atoms with Crippen molar-refractivity contribution in [2.45, 2.75) is 6.54 Å². The van der Waals surface area contributed by atoms with Crippen LogP contribution in [0, 0.1) is 0 Å². The lowest BCUT2D eigenvalue weighted by Crippen LogP contribution is -2.14. The summed E-state index contributed by atoms with van der Waals surface area (Å²) in [6.45, 7) is 0.555. The Bertz CT molecular complexity index is 236. The van der Waals surface area contributed by atoms with Gasteiger partial charge in [0.2, 0.25) is 0 Å². The second-order valence-corrected chi connectivity index (χ2v) is 2.47. The van der Waals surface area contributed by atoms with Gasteiger partial charge in [0.15, 0.2) is 0 Å². The fourth-order valence-electron chi connectivity index (χ4n) is 0.725. The van der Waals surface area contributed by atoms with Crippen molar-refractivity contribution in [1.29, 1.82) is 0 Å². The molecule has 0 aliphatic rings. The third-order valence-corrected chi connectivity index (χ3v) is 1.75. The van der Waals surface area contributed by atoms with Gasteiger partial charge in [-0.25, -0.2) is 4.98 Å². The number of halogens is 1. The van der Waals surface area contributed by atoms with E-state index in [9.17, 15) is 0 Å². The van der Waals surface area contributed by atoms with E-state index < -0.39 is 0 Å². The van der Waals surface area contributed by atoms with Crippen LogP contribution in [-0.2, 0) is 18.4 Å². The molecule has 0 saturated heterocycles. The van der Waals surface area contributed by atoms with Crippen LogP contribution in [0.5, 0.6) is 0 Å². The maximum atomic E-state index is 5.74. The molecule has 0 saturated carbocycles. The van der Waals surface area contributed by atoms with Crippen LogP contribution in [0.3, 0.4) is 0 Å². The van der Waals surface area contributed by atoms with Gasteiger partial charge in [0, 0.05) is 7.05 Å². The van der Waals surface area contributed by atoms with Crippen LogP contribution in [0.15, 0.2) is 6.20 Å². The molecule has 1 aromatic heterocycles. The summed E-state index contributed by atoms with van der Waals surface area (Å²) in [6.07, 6.45) is 1.61. The van der Waals surface area contributed by atoms with Crippen LogP contribution in [0.25, 0.3) is 0 Å². The number of imidazole rings is 1. The van der Waals surface area contributed by atoms with Gasteiger partial charge in [-0.1, -0.05) is 11.6 Å². The molecule has 0 atom stereocenters. The molecular weight excluding hydrogens is 166 g/mol. The van der Waals surface area contributed by atoms with Crippen LogP contribution in [0.1, 0.15) is 5.82 Å². The largest absolute Gasteiger partial charge is 0.321 e. The highest BCUT2D eigenvalue weighted by atomic mass is 35.5. The van der Waals surface area contributed by atoms with Gasteiger partial charge in [-0.3, -0.25) is 0 Å². The van der Waals surface area contributed by atoms with Gasteiger partial charge in [-0.2, -0.15) is 5.48 Å². The summed E-state index contributed by atoms with van der Waals surface area (Å²) in [4.78, 5) is 8.70. The van der Waals surface area contributed by atoms with Crippen LogP contribution >= 0.6 is 11.6 Å². The molecule has 0 aliphatic carbocycles. The molecule has 4 nitrogen and oxygen atoms in total. The Morgan fingerprint density at radius 3 is 3.00 bits per heavy atom. The lowest BCUT2D eigenvalue weighted by Gasteiger charge is -2.01. The summed E-state index contributed by atoms with van der Waals surface area (Å²) in [7, 11) is 3.41. The zero-order valence-electron chi connectivity index (χ0n) is 6.47. The topological polar surface area (TPSA) is 39.1 Å². The Labute approximate surface area is 70.1 Å². The summed E-state index contributed by atoms with van der Waals surface area (Å²) in [5.41, 5.74) is 2.68. The van der Waals surface area contributed by atoms with Crippen molar-refractivity contribution in [2.75, 3.05) is 7.11 Å². The van der Waals surface area contributed by atoms with Crippen LogP contribution in [0.2, 0.25) is 5.15 Å². The second-order valence-electron chi connectivity index (χ2n) is 2.08. The maximum absolute atomic E-state index is 5.74. The average Bonchev–Trinajstić information content (AvgIpc) is 2.31. The zero-order chi connectivity index (χ0) is 8.27. The van der Waals surface area contributed by atoms with E-state index in [0.717, 1.165) is 5.82 Å². The van der Waals surface area contributed by atoms with E-state index in [-0.39, 0.29) is 0 Å². The van der Waals surface area contributed by atoms with Gasteiger partial charge in [0.05, 0.1) is 19.9 Å². The van der Waals surface area contributed by atoms with E-state index >= 15 is 0 Å². The van der Waals surface area contributed by atoms with Crippen molar-refractivity contribution in [3.05, 3.63) is 17.2 Å². The van der Waals surface area contributed by atoms with Crippen LogP contribution in [-0.4, -0.2) is 16.7 Å². The van der Waals surface area contributed by atoms with E-state index in [1.165, 1.54) is 0 Å². The molecule has 1 aromatic rings. The Morgan fingerprint density at radius 2 is 2.55 bits per heavy atom. The first-order valence-corrected chi connectivity index (χ1v) is 3.55. The second kappa shape index (κ2) is 3.71. The summed E-state index contributed by atoms with van der Waals surface area (Å²) in [5, 5.41) is 0.623. The number of hydrogen-bond acceptors (Lipinski definition) is 3. The smallest absolute Gasteiger partial charge is 0.128 e. The highest BCUT2D eigenvalue weighted by Gasteiger charge is 2.02. The summed E-state index contributed by atoms with van der Waals surface area (Å²) < 4.78 is 1.79. The van der Waals surface area contributed by atoms with Gasteiger partial charge < -0.3 is 9.40 Å². The fourth-order valence-corrected chi connectivity index (χ4v) is 0.872. The first-order chi connectivity index (χ1) is 5.25. The number of nitrogens with one attached hydrogen (secondary N) is 1. The summed E-state index contributed by atoms with van der Waals surface area (Å²) >= 11 is 5.74. The lowest BCUT2D eigenvalue weighted by atomic mass is 10.6. The number of hydrogen-bond donors (Lipinski definition) is 1. The monoisotopic (exact) mass is 175 g/mol. The van der Waals surface area contributed by atoms with Gasteiger partial charge >= 0.3 is 0 Å². The van der Waals surface area contributed by atoms with E-state index in [1.54, 1.807) is 17.9 Å². The molecule has 0 amide bonds. The maximum Gasteiger partial charge on any atom is 0.128 e. The Hall–Kier alpha value is -0.580. The molecule has 0 radical (unpaired) electrons. The van der Waals surface area contributed by atoms with Crippen molar-refractivity contribution in [2.24, 2.45) is 7.05 Å². The Morgan fingerprint density at radius 1 is 1.82 bits per heavy atom. The van der Waals surface area contributed by atoms with E-state index in [1.807, 2.05) is 7.05 Å². The minimum Gasteiger partial charge on any atom is -0.321 e. The number of rotatable bonds is 3. The normalized spacial score (nSPS) is 10.5. The zero-order valence-corrected chi connectivity index (χ0v) is 7.22. The van der Waals surface area contributed by atoms with Crippen LogP contribution < -0.4 is 5.48 Å². The molecule has 1 heterocycles. The first kappa shape index (κ1) is 8.52. The minimum atomic E-state index is 0.555.